The summed E-state index contributed by atoms with van der Waals surface area (Å²) >= 11 is 0. The predicted octanol–water partition coefficient (Wildman–Crippen LogP) is 4.44. The Bertz CT molecular complexity index is 725. The molecule has 0 amide bonds. The zero-order chi connectivity index (χ0) is 14.7. The molecule has 0 spiro atoms. The quantitative estimate of drug-likeness (QED) is 0.767. The summed E-state index contributed by atoms with van der Waals surface area (Å²) in [4.78, 5) is 10.8. The number of rotatable bonds is 4. The molecule has 4 heteroatoms. The summed E-state index contributed by atoms with van der Waals surface area (Å²) < 4.78 is 11.0. The van der Waals surface area contributed by atoms with Crippen LogP contribution in [0.2, 0.25) is 0 Å². The van der Waals surface area contributed by atoms with Crippen molar-refractivity contribution < 1.29 is 19.1 Å². The van der Waals surface area contributed by atoms with Crippen LogP contribution in [0.25, 0.3) is 11.3 Å². The number of furan rings is 1. The molecule has 2 aromatic carbocycles. The van der Waals surface area contributed by atoms with Crippen LogP contribution in [0.1, 0.15) is 10.4 Å². The summed E-state index contributed by atoms with van der Waals surface area (Å²) in [6.45, 7) is 0. The highest BCUT2D eigenvalue weighted by Gasteiger charge is 2.04. The largest absolute Gasteiger partial charge is 0.478 e. The monoisotopic (exact) mass is 280 g/mol. The molecule has 1 N–H and O–H groups in total. The van der Waals surface area contributed by atoms with Crippen molar-refractivity contribution in [2.75, 3.05) is 0 Å². The smallest absolute Gasteiger partial charge is 0.335 e. The van der Waals surface area contributed by atoms with Gasteiger partial charge < -0.3 is 14.3 Å². The topological polar surface area (TPSA) is 59.7 Å². The van der Waals surface area contributed by atoms with E-state index in [0.29, 0.717) is 11.5 Å². The summed E-state index contributed by atoms with van der Waals surface area (Å²) in [6.07, 6.45) is 1.63. The van der Waals surface area contributed by atoms with Gasteiger partial charge in [-0.3, -0.25) is 0 Å². The molecule has 0 fully saturated rings. The molecule has 0 bridgehead atoms. The molecule has 104 valence electrons. The average molecular weight is 280 g/mol. The molecule has 21 heavy (non-hydrogen) atoms. The van der Waals surface area contributed by atoms with Crippen LogP contribution in [-0.4, -0.2) is 11.1 Å². The SMILES string of the molecule is O=C(O)c1ccc(Oc2ccc(-c3ccco3)cc2)cc1. The van der Waals surface area contributed by atoms with E-state index in [9.17, 15) is 4.79 Å². The van der Waals surface area contributed by atoms with E-state index in [0.717, 1.165) is 11.3 Å². The lowest BCUT2D eigenvalue weighted by Crippen LogP contribution is -1.95. The molecule has 0 saturated heterocycles. The molecular formula is C17H12O4. The van der Waals surface area contributed by atoms with E-state index in [2.05, 4.69) is 0 Å². The second-order valence-electron chi connectivity index (χ2n) is 4.43. The van der Waals surface area contributed by atoms with Gasteiger partial charge in [0.25, 0.3) is 0 Å². The highest BCUT2D eigenvalue weighted by Crippen LogP contribution is 2.26. The van der Waals surface area contributed by atoms with Crippen LogP contribution in [0.5, 0.6) is 11.5 Å². The molecule has 0 unspecified atom stereocenters. The van der Waals surface area contributed by atoms with Gasteiger partial charge in [0.05, 0.1) is 11.8 Å². The van der Waals surface area contributed by atoms with Gasteiger partial charge in [-0.25, -0.2) is 4.79 Å². The molecular weight excluding hydrogens is 268 g/mol. The van der Waals surface area contributed by atoms with E-state index in [4.69, 9.17) is 14.3 Å². The number of carboxylic acids is 1. The summed E-state index contributed by atoms with van der Waals surface area (Å²) in [5.41, 5.74) is 1.20. The van der Waals surface area contributed by atoms with Crippen molar-refractivity contribution in [1.29, 1.82) is 0 Å². The summed E-state index contributed by atoms with van der Waals surface area (Å²) in [7, 11) is 0. The number of benzene rings is 2. The third kappa shape index (κ3) is 2.95. The molecule has 0 aliphatic rings. The first-order valence-corrected chi connectivity index (χ1v) is 6.37. The van der Waals surface area contributed by atoms with Gasteiger partial charge in [0, 0.05) is 5.56 Å². The Kier molecular flexibility index (Phi) is 3.43. The molecule has 0 saturated carbocycles. The summed E-state index contributed by atoms with van der Waals surface area (Å²) in [6, 6.07) is 17.5. The van der Waals surface area contributed by atoms with Crippen molar-refractivity contribution in [2.24, 2.45) is 0 Å². The van der Waals surface area contributed by atoms with E-state index in [1.807, 2.05) is 36.4 Å². The molecule has 0 aliphatic carbocycles. The minimum absolute atomic E-state index is 0.232. The van der Waals surface area contributed by atoms with Gasteiger partial charge in [-0.1, -0.05) is 0 Å². The van der Waals surface area contributed by atoms with Crippen LogP contribution in [-0.2, 0) is 0 Å². The molecule has 3 rings (SSSR count). The van der Waals surface area contributed by atoms with Crippen LogP contribution in [0.3, 0.4) is 0 Å². The van der Waals surface area contributed by atoms with Gasteiger partial charge in [0.15, 0.2) is 0 Å². The fraction of sp³-hybridized carbons (Fsp3) is 0. The van der Waals surface area contributed by atoms with Gasteiger partial charge in [-0.2, -0.15) is 0 Å². The Morgan fingerprint density at radius 3 is 2.05 bits per heavy atom. The van der Waals surface area contributed by atoms with Gasteiger partial charge in [-0.15, -0.1) is 0 Å². The maximum atomic E-state index is 10.8. The number of aromatic carboxylic acids is 1. The number of carbonyl (C=O) groups is 1. The van der Waals surface area contributed by atoms with Crippen molar-refractivity contribution in [2.45, 2.75) is 0 Å². The van der Waals surface area contributed by atoms with Crippen LogP contribution >= 0.6 is 0 Å². The average Bonchev–Trinajstić information content (AvgIpc) is 3.03. The molecule has 1 aromatic heterocycles. The first kappa shape index (κ1) is 13.0. The predicted molar refractivity (Wildman–Crippen MR) is 77.6 cm³/mol. The Balaban J connectivity index is 1.74. The molecule has 0 radical (unpaired) electrons. The van der Waals surface area contributed by atoms with Crippen LogP contribution in [0.15, 0.2) is 71.3 Å². The maximum absolute atomic E-state index is 10.8. The lowest BCUT2D eigenvalue weighted by molar-refractivity contribution is 0.0697. The van der Waals surface area contributed by atoms with E-state index in [1.54, 1.807) is 18.4 Å². The standard InChI is InChI=1S/C17H12O4/c18-17(19)13-5-9-15(10-6-13)21-14-7-3-12(4-8-14)16-2-1-11-20-16/h1-11H,(H,18,19). The van der Waals surface area contributed by atoms with Crippen molar-refractivity contribution in [3.05, 3.63) is 72.5 Å². The van der Waals surface area contributed by atoms with Crippen molar-refractivity contribution in [3.63, 3.8) is 0 Å². The van der Waals surface area contributed by atoms with Crippen molar-refractivity contribution in [3.8, 4) is 22.8 Å². The first-order valence-electron chi connectivity index (χ1n) is 6.37. The third-order valence-corrected chi connectivity index (χ3v) is 3.00. The van der Waals surface area contributed by atoms with Gasteiger partial charge in [0.2, 0.25) is 0 Å². The summed E-state index contributed by atoms with van der Waals surface area (Å²) in [5, 5.41) is 8.84. The second-order valence-corrected chi connectivity index (χ2v) is 4.43. The highest BCUT2D eigenvalue weighted by molar-refractivity contribution is 5.87. The van der Waals surface area contributed by atoms with Gasteiger partial charge in [-0.05, 0) is 60.7 Å². The fourth-order valence-corrected chi connectivity index (χ4v) is 1.93. The van der Waals surface area contributed by atoms with Crippen LogP contribution in [0.4, 0.5) is 0 Å². The van der Waals surface area contributed by atoms with E-state index in [-0.39, 0.29) is 5.56 Å². The lowest BCUT2D eigenvalue weighted by Gasteiger charge is -2.06. The van der Waals surface area contributed by atoms with Gasteiger partial charge >= 0.3 is 5.97 Å². The maximum Gasteiger partial charge on any atom is 0.335 e. The molecule has 3 aromatic rings. The summed E-state index contributed by atoms with van der Waals surface area (Å²) in [5.74, 6) is 1.11. The van der Waals surface area contributed by atoms with Crippen molar-refractivity contribution in [1.82, 2.24) is 0 Å². The second kappa shape index (κ2) is 5.54. The minimum atomic E-state index is -0.954. The third-order valence-electron chi connectivity index (χ3n) is 3.00. The van der Waals surface area contributed by atoms with Crippen LogP contribution in [0, 0.1) is 0 Å². The number of hydrogen-bond donors (Lipinski definition) is 1. The zero-order valence-corrected chi connectivity index (χ0v) is 11.0. The molecule has 4 nitrogen and oxygen atoms in total. The van der Waals surface area contributed by atoms with Crippen LogP contribution < -0.4 is 4.74 Å². The number of hydrogen-bond acceptors (Lipinski definition) is 3. The Hall–Kier alpha value is -3.01. The van der Waals surface area contributed by atoms with E-state index >= 15 is 0 Å². The lowest BCUT2D eigenvalue weighted by atomic mass is 10.1. The minimum Gasteiger partial charge on any atom is -0.478 e. The Labute approximate surface area is 121 Å². The molecule has 0 atom stereocenters. The first-order chi connectivity index (χ1) is 10.2. The normalized spacial score (nSPS) is 10.3. The fourth-order valence-electron chi connectivity index (χ4n) is 1.93. The van der Waals surface area contributed by atoms with Crippen molar-refractivity contribution >= 4 is 5.97 Å². The molecule has 0 aliphatic heterocycles. The number of carboxylic acid groups (broad SMARTS) is 1. The Morgan fingerprint density at radius 1 is 0.905 bits per heavy atom. The number of ether oxygens (including phenoxy) is 1. The van der Waals surface area contributed by atoms with Gasteiger partial charge in [0.1, 0.15) is 17.3 Å². The molecule has 1 heterocycles. The zero-order valence-electron chi connectivity index (χ0n) is 11.0. The van der Waals surface area contributed by atoms with E-state index in [1.165, 1.54) is 12.1 Å². The van der Waals surface area contributed by atoms with E-state index < -0.39 is 5.97 Å². The Morgan fingerprint density at radius 2 is 1.52 bits per heavy atom. The highest BCUT2D eigenvalue weighted by atomic mass is 16.5.